The van der Waals surface area contributed by atoms with Crippen molar-refractivity contribution in [2.45, 2.75) is 19.7 Å². The van der Waals surface area contributed by atoms with Crippen LogP contribution in [-0.4, -0.2) is 34.1 Å². The van der Waals surface area contributed by atoms with E-state index < -0.39 is 6.35 Å². The number of nitrogens with zero attached hydrogens (tertiary/aromatic N) is 2. The Morgan fingerprint density at radius 2 is 2.33 bits per heavy atom. The molecule has 0 saturated carbocycles. The number of aliphatic hydroxyl groups is 1. The minimum atomic E-state index is -1.01. The third-order valence-electron chi connectivity index (χ3n) is 3.14. The normalized spacial score (nSPS) is 20.2. The fourth-order valence-electron chi connectivity index (χ4n) is 2.20. The van der Waals surface area contributed by atoms with Gasteiger partial charge >= 0.3 is 0 Å². The number of hydrogen-bond acceptors (Lipinski definition) is 4. The summed E-state index contributed by atoms with van der Waals surface area (Å²) < 4.78 is 0. The molecule has 0 radical (unpaired) electrons. The number of H-pyrrole nitrogens is 1. The van der Waals surface area contributed by atoms with E-state index in [9.17, 15) is 9.90 Å². The van der Waals surface area contributed by atoms with Crippen LogP contribution in [0.2, 0.25) is 0 Å². The Kier molecular flexibility index (Phi) is 2.45. The maximum atomic E-state index is 11.2. The second-order valence-corrected chi connectivity index (χ2v) is 4.48. The van der Waals surface area contributed by atoms with Crippen molar-refractivity contribution in [1.82, 2.24) is 15.5 Å². The highest BCUT2D eigenvalue weighted by atomic mass is 16.3. The second-order valence-electron chi connectivity index (χ2n) is 4.48. The Morgan fingerprint density at radius 3 is 3.11 bits per heavy atom. The zero-order valence-electron chi connectivity index (χ0n) is 9.97. The van der Waals surface area contributed by atoms with Gasteiger partial charge < -0.3 is 15.3 Å². The fraction of sp³-hybridized carbons (Fsp3) is 0.333. The lowest BCUT2D eigenvalue weighted by Gasteiger charge is -2.32. The lowest BCUT2D eigenvalue weighted by atomic mass is 10.1. The van der Waals surface area contributed by atoms with Gasteiger partial charge in [0, 0.05) is 18.4 Å². The Bertz CT molecular complexity index is 607. The van der Waals surface area contributed by atoms with Crippen LogP contribution in [0, 0.1) is 6.92 Å². The monoisotopic (exact) mass is 246 g/mol. The number of benzene rings is 1. The van der Waals surface area contributed by atoms with Gasteiger partial charge in [-0.2, -0.15) is 5.10 Å². The molecular weight excluding hydrogens is 232 g/mol. The van der Waals surface area contributed by atoms with E-state index in [1.165, 1.54) is 0 Å². The van der Waals surface area contributed by atoms with Gasteiger partial charge in [0.25, 0.3) is 0 Å². The van der Waals surface area contributed by atoms with Gasteiger partial charge in [-0.25, -0.2) is 0 Å². The molecule has 1 aliphatic rings. The van der Waals surface area contributed by atoms with Crippen LogP contribution in [0.25, 0.3) is 10.9 Å². The third-order valence-corrected chi connectivity index (χ3v) is 3.14. The molecule has 0 bridgehead atoms. The molecule has 1 unspecified atom stereocenters. The minimum absolute atomic E-state index is 0.144. The summed E-state index contributed by atoms with van der Waals surface area (Å²) in [6.07, 6.45) is -0.656. The van der Waals surface area contributed by atoms with Gasteiger partial charge in [0.2, 0.25) is 12.3 Å². The predicted octanol–water partition coefficient (Wildman–Crippen LogP) is 0.474. The maximum absolute atomic E-state index is 11.2. The molecule has 1 atom stereocenters. The number of anilines is 1. The largest absolute Gasteiger partial charge is 0.356 e. The standard InChI is InChI=1S/C12H14N4O2/c1-7-2-3-8-9(6-7)14-15-11(8)16-5-4-10(17)13-12(16)18/h2-3,6,12,18H,4-5H2,1H3,(H,13,17)(H,14,15). The van der Waals surface area contributed by atoms with Crippen LogP contribution in [-0.2, 0) is 4.79 Å². The molecule has 1 fully saturated rings. The lowest BCUT2D eigenvalue weighted by molar-refractivity contribution is -0.125. The van der Waals surface area contributed by atoms with Crippen LogP contribution < -0.4 is 10.2 Å². The molecule has 94 valence electrons. The lowest BCUT2D eigenvalue weighted by Crippen LogP contribution is -2.54. The van der Waals surface area contributed by atoms with Gasteiger partial charge in [-0.05, 0) is 24.6 Å². The van der Waals surface area contributed by atoms with Crippen molar-refractivity contribution in [2.24, 2.45) is 0 Å². The first-order valence-electron chi connectivity index (χ1n) is 5.84. The number of carbonyl (C=O) groups excluding carboxylic acids is 1. The van der Waals surface area contributed by atoms with Gasteiger partial charge in [0.15, 0.2) is 5.82 Å². The van der Waals surface area contributed by atoms with Crippen LogP contribution in [0.15, 0.2) is 18.2 Å². The molecule has 2 aromatic rings. The average molecular weight is 246 g/mol. The highest BCUT2D eigenvalue weighted by Gasteiger charge is 2.27. The summed E-state index contributed by atoms with van der Waals surface area (Å²) in [7, 11) is 0. The first-order valence-corrected chi connectivity index (χ1v) is 5.84. The summed E-state index contributed by atoms with van der Waals surface area (Å²) in [5.74, 6) is 0.520. The van der Waals surface area contributed by atoms with Gasteiger partial charge in [-0.3, -0.25) is 9.89 Å². The van der Waals surface area contributed by atoms with Gasteiger partial charge in [-0.1, -0.05) is 6.07 Å². The molecular formula is C12H14N4O2. The van der Waals surface area contributed by atoms with Crippen molar-refractivity contribution in [3.05, 3.63) is 23.8 Å². The van der Waals surface area contributed by atoms with E-state index in [4.69, 9.17) is 0 Å². The highest BCUT2D eigenvalue weighted by molar-refractivity contribution is 5.91. The molecule has 1 amide bonds. The van der Waals surface area contributed by atoms with Crippen molar-refractivity contribution < 1.29 is 9.90 Å². The predicted molar refractivity (Wildman–Crippen MR) is 66.9 cm³/mol. The first-order chi connectivity index (χ1) is 8.65. The van der Waals surface area contributed by atoms with Crippen LogP contribution in [0.5, 0.6) is 0 Å². The fourth-order valence-corrected chi connectivity index (χ4v) is 2.20. The Morgan fingerprint density at radius 1 is 1.50 bits per heavy atom. The first kappa shape index (κ1) is 11.0. The number of fused-ring (bicyclic) bond motifs is 1. The molecule has 1 aromatic carbocycles. The second kappa shape index (κ2) is 3.99. The number of hydrogen-bond donors (Lipinski definition) is 3. The van der Waals surface area contributed by atoms with Crippen LogP contribution >= 0.6 is 0 Å². The Balaban J connectivity index is 2.01. The highest BCUT2D eigenvalue weighted by Crippen LogP contribution is 2.26. The van der Waals surface area contributed by atoms with Gasteiger partial charge in [-0.15, -0.1) is 0 Å². The number of amides is 1. The van der Waals surface area contributed by atoms with Crippen LogP contribution in [0.3, 0.4) is 0 Å². The summed E-state index contributed by atoms with van der Waals surface area (Å²) >= 11 is 0. The summed E-state index contributed by atoms with van der Waals surface area (Å²) in [6, 6.07) is 5.96. The molecule has 6 heteroatoms. The van der Waals surface area contributed by atoms with Crippen LogP contribution in [0.1, 0.15) is 12.0 Å². The Labute approximate surface area is 104 Å². The molecule has 1 aliphatic heterocycles. The molecule has 1 saturated heterocycles. The van der Waals surface area contributed by atoms with Crippen molar-refractivity contribution >= 4 is 22.6 Å². The molecule has 3 rings (SSSR count). The number of nitrogens with one attached hydrogen (secondary N) is 2. The quantitative estimate of drug-likeness (QED) is 0.683. The van der Waals surface area contributed by atoms with Crippen molar-refractivity contribution in [2.75, 3.05) is 11.4 Å². The van der Waals surface area contributed by atoms with Gasteiger partial charge in [0.05, 0.1) is 5.52 Å². The van der Waals surface area contributed by atoms with E-state index in [1.54, 1.807) is 4.90 Å². The summed E-state index contributed by atoms with van der Waals surface area (Å²) in [6.45, 7) is 2.47. The molecule has 6 nitrogen and oxygen atoms in total. The van der Waals surface area contributed by atoms with Crippen molar-refractivity contribution in [3.63, 3.8) is 0 Å². The summed E-state index contributed by atoms with van der Waals surface area (Å²) in [4.78, 5) is 12.8. The number of carbonyl (C=O) groups is 1. The van der Waals surface area contributed by atoms with Gasteiger partial charge in [0.1, 0.15) is 0 Å². The molecule has 2 heterocycles. The third kappa shape index (κ3) is 1.70. The molecule has 18 heavy (non-hydrogen) atoms. The SMILES string of the molecule is Cc1ccc2c(N3CCC(=O)NC3O)n[nH]c2c1. The molecule has 0 spiro atoms. The van der Waals surface area contributed by atoms with E-state index in [0.29, 0.717) is 18.8 Å². The summed E-state index contributed by atoms with van der Waals surface area (Å²) in [5.41, 5.74) is 2.07. The number of aromatic amines is 1. The maximum Gasteiger partial charge on any atom is 0.225 e. The van der Waals surface area contributed by atoms with E-state index in [1.807, 2.05) is 25.1 Å². The number of aliphatic hydroxyl groups excluding tert-OH is 1. The average Bonchev–Trinajstić information content (AvgIpc) is 2.72. The van der Waals surface area contributed by atoms with E-state index >= 15 is 0 Å². The molecule has 0 aliphatic carbocycles. The van der Waals surface area contributed by atoms with E-state index in [-0.39, 0.29) is 5.91 Å². The zero-order valence-corrected chi connectivity index (χ0v) is 9.97. The zero-order chi connectivity index (χ0) is 12.7. The molecule has 3 N–H and O–H groups in total. The summed E-state index contributed by atoms with van der Waals surface area (Å²) in [5, 5.41) is 20.5. The Hall–Kier alpha value is -2.08. The van der Waals surface area contributed by atoms with Crippen LogP contribution in [0.4, 0.5) is 5.82 Å². The number of aryl methyl sites for hydroxylation is 1. The van der Waals surface area contributed by atoms with Crippen molar-refractivity contribution in [3.8, 4) is 0 Å². The van der Waals surface area contributed by atoms with E-state index in [0.717, 1.165) is 16.5 Å². The number of rotatable bonds is 1. The number of aromatic nitrogens is 2. The van der Waals surface area contributed by atoms with Crippen molar-refractivity contribution in [1.29, 1.82) is 0 Å². The minimum Gasteiger partial charge on any atom is -0.356 e. The molecule has 1 aromatic heterocycles. The topological polar surface area (TPSA) is 81.2 Å². The van der Waals surface area contributed by atoms with E-state index in [2.05, 4.69) is 15.5 Å². The smallest absolute Gasteiger partial charge is 0.225 e.